The Hall–Kier alpha value is -3.62. The molecule has 37 heavy (non-hydrogen) atoms. The minimum atomic E-state index is -0.304. The maximum absolute atomic E-state index is 12.7. The highest BCUT2D eigenvalue weighted by molar-refractivity contribution is 6.40. The van der Waals surface area contributed by atoms with E-state index in [1.807, 2.05) is 50.2 Å². The molecule has 4 rings (SSSR count). The van der Waals surface area contributed by atoms with Gasteiger partial charge in [0.25, 0.3) is 0 Å². The molecule has 8 nitrogen and oxygen atoms in total. The predicted octanol–water partition coefficient (Wildman–Crippen LogP) is 5.72. The molecule has 1 heterocycles. The number of phenolic OH excluding ortho intramolecular Hbond substituents is 1. The van der Waals surface area contributed by atoms with Gasteiger partial charge in [0.2, 0.25) is 5.91 Å². The number of nitrogens with one attached hydrogen (secondary N) is 3. The summed E-state index contributed by atoms with van der Waals surface area (Å²) in [5, 5.41) is 18.7. The Kier molecular flexibility index (Phi) is 8.31. The van der Waals surface area contributed by atoms with Crippen molar-refractivity contribution in [2.45, 2.75) is 13.8 Å². The number of phenols is 1. The number of hydrogen-bond donors (Lipinski definition) is 4. The molecule has 1 aliphatic rings. The molecule has 1 saturated heterocycles. The molecule has 3 amide bonds. The van der Waals surface area contributed by atoms with Crippen LogP contribution in [-0.2, 0) is 4.79 Å². The minimum absolute atomic E-state index is 0.0683. The molecule has 1 fully saturated rings. The largest absolute Gasteiger partial charge is 0.508 e. The molecule has 194 valence electrons. The third-order valence-corrected chi connectivity index (χ3v) is 6.76. The molecular weight excluding hydrogens is 513 g/mol. The van der Waals surface area contributed by atoms with Crippen LogP contribution >= 0.6 is 23.2 Å². The third kappa shape index (κ3) is 6.78. The summed E-state index contributed by atoms with van der Waals surface area (Å²) < 4.78 is 0. The maximum atomic E-state index is 12.7. The number of rotatable bonds is 6. The van der Waals surface area contributed by atoms with Crippen molar-refractivity contribution in [2.24, 2.45) is 0 Å². The summed E-state index contributed by atoms with van der Waals surface area (Å²) in [6.45, 7) is 6.56. The summed E-state index contributed by atoms with van der Waals surface area (Å²) in [6, 6.07) is 16.1. The topological polar surface area (TPSA) is 96.9 Å². The third-order valence-electron chi connectivity index (χ3n) is 6.16. The van der Waals surface area contributed by atoms with E-state index in [-0.39, 0.29) is 40.0 Å². The highest BCUT2D eigenvalue weighted by Crippen LogP contribution is 2.34. The van der Waals surface area contributed by atoms with Crippen molar-refractivity contribution in [1.82, 2.24) is 4.90 Å². The zero-order chi connectivity index (χ0) is 26.5. The van der Waals surface area contributed by atoms with Crippen LogP contribution in [0, 0.1) is 13.8 Å². The molecular formula is C27H29Cl2N5O3. The van der Waals surface area contributed by atoms with Gasteiger partial charge in [-0.05, 0) is 49.7 Å². The zero-order valence-electron chi connectivity index (χ0n) is 20.6. The number of amides is 3. The molecule has 4 N–H and O–H groups in total. The second kappa shape index (κ2) is 11.6. The monoisotopic (exact) mass is 541 g/mol. The fourth-order valence-corrected chi connectivity index (χ4v) is 4.75. The van der Waals surface area contributed by atoms with Gasteiger partial charge in [0.05, 0.1) is 22.3 Å². The zero-order valence-corrected chi connectivity index (χ0v) is 22.2. The first-order valence-corrected chi connectivity index (χ1v) is 12.6. The average Bonchev–Trinajstić information content (AvgIpc) is 2.86. The number of carbonyl (C=O) groups is 2. The van der Waals surface area contributed by atoms with E-state index in [1.54, 1.807) is 4.90 Å². The predicted molar refractivity (Wildman–Crippen MR) is 150 cm³/mol. The summed E-state index contributed by atoms with van der Waals surface area (Å²) in [5.41, 5.74) is 5.23. The number of benzene rings is 3. The molecule has 0 aliphatic carbocycles. The van der Waals surface area contributed by atoms with Gasteiger partial charge >= 0.3 is 6.03 Å². The summed E-state index contributed by atoms with van der Waals surface area (Å²) in [7, 11) is 0. The first-order valence-electron chi connectivity index (χ1n) is 11.9. The lowest BCUT2D eigenvalue weighted by Gasteiger charge is -2.36. The lowest BCUT2D eigenvalue weighted by molar-refractivity contribution is -0.114. The van der Waals surface area contributed by atoms with E-state index >= 15 is 0 Å². The Morgan fingerprint density at radius 2 is 1.54 bits per heavy atom. The number of halogens is 2. The molecule has 0 radical (unpaired) electrons. The van der Waals surface area contributed by atoms with E-state index in [9.17, 15) is 14.7 Å². The van der Waals surface area contributed by atoms with Crippen LogP contribution in [-0.4, -0.2) is 54.7 Å². The van der Waals surface area contributed by atoms with Crippen molar-refractivity contribution >= 4 is 57.9 Å². The lowest BCUT2D eigenvalue weighted by atomic mass is 10.1. The second-order valence-corrected chi connectivity index (χ2v) is 9.77. The first kappa shape index (κ1) is 26.4. The van der Waals surface area contributed by atoms with Crippen LogP contribution in [0.2, 0.25) is 10.0 Å². The Bertz CT molecular complexity index is 1270. The van der Waals surface area contributed by atoms with Crippen LogP contribution in [0.1, 0.15) is 11.1 Å². The van der Waals surface area contributed by atoms with Gasteiger partial charge in [-0.3, -0.25) is 4.79 Å². The van der Waals surface area contributed by atoms with Crippen molar-refractivity contribution in [1.29, 1.82) is 0 Å². The van der Waals surface area contributed by atoms with Crippen LogP contribution in [0.4, 0.5) is 27.5 Å². The number of nitrogens with zero attached hydrogens (tertiary/aromatic N) is 2. The van der Waals surface area contributed by atoms with Crippen molar-refractivity contribution < 1.29 is 14.7 Å². The molecule has 1 aliphatic heterocycles. The Morgan fingerprint density at radius 3 is 2.16 bits per heavy atom. The van der Waals surface area contributed by atoms with Gasteiger partial charge in [-0.1, -0.05) is 40.9 Å². The molecule has 0 aromatic heterocycles. The molecule has 3 aromatic rings. The fraction of sp³-hybridized carbons (Fsp3) is 0.259. The van der Waals surface area contributed by atoms with Crippen molar-refractivity contribution in [3.8, 4) is 5.75 Å². The van der Waals surface area contributed by atoms with E-state index in [2.05, 4.69) is 26.9 Å². The smallest absolute Gasteiger partial charge is 0.322 e. The lowest BCUT2D eigenvalue weighted by Crippen LogP contribution is -2.50. The molecule has 10 heteroatoms. The number of aromatic hydroxyl groups is 1. The number of aryl methyl sites for hydroxylation is 2. The van der Waals surface area contributed by atoms with E-state index < -0.39 is 0 Å². The van der Waals surface area contributed by atoms with Crippen LogP contribution < -0.4 is 20.9 Å². The highest BCUT2D eigenvalue weighted by Gasteiger charge is 2.23. The molecule has 0 bridgehead atoms. The van der Waals surface area contributed by atoms with Gasteiger partial charge in [0, 0.05) is 55.4 Å². The Balaban J connectivity index is 1.25. The molecule has 0 unspecified atom stereocenters. The summed E-state index contributed by atoms with van der Waals surface area (Å²) in [5.74, 6) is -0.192. The van der Waals surface area contributed by atoms with E-state index in [1.165, 1.54) is 17.7 Å². The maximum Gasteiger partial charge on any atom is 0.322 e. The van der Waals surface area contributed by atoms with Gasteiger partial charge in [0.1, 0.15) is 5.75 Å². The van der Waals surface area contributed by atoms with E-state index in [4.69, 9.17) is 23.2 Å². The Labute approximate surface area is 226 Å². The molecule has 0 atom stereocenters. The standard InChI is InChI=1S/C27H29Cl2N5O3/c1-17-3-8-24(18(2)13-17)30-16-25(36)31-19-4-6-20(7-5-19)33-9-11-34(12-10-33)27(37)32-26-22(28)14-21(35)15-23(26)29/h3-8,13-15,30,35H,9-12,16H2,1-2H3,(H,31,36)(H,32,37). The normalized spacial score (nSPS) is 13.3. The molecule has 0 saturated carbocycles. The van der Waals surface area contributed by atoms with Crippen molar-refractivity contribution in [3.05, 3.63) is 75.8 Å². The second-order valence-electron chi connectivity index (χ2n) is 8.96. The molecule has 3 aromatic carbocycles. The summed E-state index contributed by atoms with van der Waals surface area (Å²) >= 11 is 12.2. The van der Waals surface area contributed by atoms with Crippen LogP contribution in [0.3, 0.4) is 0 Å². The number of urea groups is 1. The SMILES string of the molecule is Cc1ccc(NCC(=O)Nc2ccc(N3CCN(C(=O)Nc4c(Cl)cc(O)cc4Cl)CC3)cc2)c(C)c1. The average molecular weight is 542 g/mol. The van der Waals surface area contributed by atoms with Crippen molar-refractivity contribution in [2.75, 3.05) is 53.6 Å². The van der Waals surface area contributed by atoms with E-state index in [0.717, 1.165) is 22.6 Å². The van der Waals surface area contributed by atoms with Gasteiger partial charge in [-0.15, -0.1) is 0 Å². The van der Waals surface area contributed by atoms with Gasteiger partial charge < -0.3 is 30.9 Å². The Morgan fingerprint density at radius 1 is 0.892 bits per heavy atom. The fourth-order valence-electron chi connectivity index (χ4n) is 4.18. The minimum Gasteiger partial charge on any atom is -0.508 e. The number of hydrogen-bond acceptors (Lipinski definition) is 5. The molecule has 0 spiro atoms. The number of anilines is 4. The highest BCUT2D eigenvalue weighted by atomic mass is 35.5. The van der Waals surface area contributed by atoms with Gasteiger partial charge in [0.15, 0.2) is 0 Å². The van der Waals surface area contributed by atoms with Gasteiger partial charge in [-0.25, -0.2) is 4.79 Å². The first-order chi connectivity index (χ1) is 17.7. The quantitative estimate of drug-likeness (QED) is 0.299. The van der Waals surface area contributed by atoms with Crippen LogP contribution in [0.5, 0.6) is 5.75 Å². The van der Waals surface area contributed by atoms with Crippen LogP contribution in [0.25, 0.3) is 0 Å². The summed E-state index contributed by atoms with van der Waals surface area (Å²) in [4.78, 5) is 28.9. The number of carbonyl (C=O) groups excluding carboxylic acids is 2. The summed E-state index contributed by atoms with van der Waals surface area (Å²) in [6.07, 6.45) is 0. The van der Waals surface area contributed by atoms with E-state index in [0.29, 0.717) is 26.2 Å². The van der Waals surface area contributed by atoms with Crippen LogP contribution in [0.15, 0.2) is 54.6 Å². The number of piperazine rings is 1. The van der Waals surface area contributed by atoms with Gasteiger partial charge in [-0.2, -0.15) is 0 Å². The van der Waals surface area contributed by atoms with Crippen molar-refractivity contribution in [3.63, 3.8) is 0 Å².